The number of hydrogen-bond acceptors (Lipinski definition) is 5. The van der Waals surface area contributed by atoms with Gasteiger partial charge in [0.1, 0.15) is 5.01 Å². The van der Waals surface area contributed by atoms with E-state index >= 15 is 0 Å². The lowest BCUT2D eigenvalue weighted by Crippen LogP contribution is -2.41. The van der Waals surface area contributed by atoms with Crippen molar-refractivity contribution in [2.75, 3.05) is 6.61 Å². The lowest BCUT2D eigenvalue weighted by molar-refractivity contribution is -0.133. The molecule has 0 radical (unpaired) electrons. The van der Waals surface area contributed by atoms with Crippen LogP contribution in [-0.2, 0) is 10.2 Å². The number of amides is 1. The fourth-order valence-electron chi connectivity index (χ4n) is 3.19. The second kappa shape index (κ2) is 7.51. The first-order valence-corrected chi connectivity index (χ1v) is 9.89. The Balaban J connectivity index is 2.10. The fraction of sp³-hybridized carbons (Fsp3) is 0.650. The van der Waals surface area contributed by atoms with Gasteiger partial charge in [-0.3, -0.25) is 4.79 Å². The Hall–Kier alpha value is -1.69. The van der Waals surface area contributed by atoms with Crippen molar-refractivity contribution in [1.29, 1.82) is 0 Å². The first-order valence-electron chi connectivity index (χ1n) is 9.08. The Morgan fingerprint density at radius 3 is 2.50 bits per heavy atom. The molecule has 0 saturated carbocycles. The second-order valence-electron chi connectivity index (χ2n) is 8.96. The zero-order chi connectivity index (χ0) is 19.7. The van der Waals surface area contributed by atoms with Gasteiger partial charge < -0.3 is 9.64 Å². The Kier molecular flexibility index (Phi) is 5.95. The monoisotopic (exact) mass is 377 g/mol. The van der Waals surface area contributed by atoms with Crippen molar-refractivity contribution in [3.05, 3.63) is 28.4 Å². The third kappa shape index (κ3) is 5.16. The number of ether oxygens (including phenoxy) is 1. The summed E-state index contributed by atoms with van der Waals surface area (Å²) in [6.07, 6.45) is 5.19. The highest BCUT2D eigenvalue weighted by Crippen LogP contribution is 2.35. The maximum Gasteiger partial charge on any atom is 0.294 e. The van der Waals surface area contributed by atoms with E-state index in [1.807, 2.05) is 18.7 Å². The molecule has 26 heavy (non-hydrogen) atoms. The summed E-state index contributed by atoms with van der Waals surface area (Å²) in [5.74, 6) is -0.0516. The molecule has 2 rings (SSSR count). The molecule has 0 saturated heterocycles. The number of carbonyl (C=O) groups excluding carboxylic acids is 1. The Bertz CT molecular complexity index is 724. The molecule has 6 heteroatoms. The molecular weight excluding hydrogens is 346 g/mol. The van der Waals surface area contributed by atoms with E-state index in [9.17, 15) is 4.79 Å². The molecule has 5 nitrogen and oxygen atoms in total. The molecule has 0 bridgehead atoms. The van der Waals surface area contributed by atoms with Crippen molar-refractivity contribution in [1.82, 2.24) is 15.1 Å². The van der Waals surface area contributed by atoms with Crippen molar-refractivity contribution in [3.8, 4) is 5.19 Å². The van der Waals surface area contributed by atoms with Crippen molar-refractivity contribution >= 4 is 17.2 Å². The smallest absolute Gasteiger partial charge is 0.294 e. The van der Waals surface area contributed by atoms with E-state index in [0.29, 0.717) is 5.19 Å². The Morgan fingerprint density at radius 2 is 2.00 bits per heavy atom. The Morgan fingerprint density at radius 1 is 1.35 bits per heavy atom. The van der Waals surface area contributed by atoms with Gasteiger partial charge in [0.05, 0.1) is 0 Å². The molecule has 1 aromatic rings. The first kappa shape index (κ1) is 20.6. The van der Waals surface area contributed by atoms with E-state index in [0.717, 1.165) is 17.1 Å². The quantitative estimate of drug-likeness (QED) is 0.745. The largest absolute Gasteiger partial charge is 0.459 e. The lowest BCUT2D eigenvalue weighted by atomic mass is 9.81. The van der Waals surface area contributed by atoms with Crippen LogP contribution in [0.2, 0.25) is 0 Å². The zero-order valence-electron chi connectivity index (χ0n) is 17.2. The van der Waals surface area contributed by atoms with Crippen molar-refractivity contribution in [2.45, 2.75) is 73.3 Å². The average molecular weight is 378 g/mol. The van der Waals surface area contributed by atoms with E-state index in [2.05, 4.69) is 63.9 Å². The number of carbonyl (C=O) groups is 1. The summed E-state index contributed by atoms with van der Waals surface area (Å²) in [5, 5.41) is 9.57. The van der Waals surface area contributed by atoms with Gasteiger partial charge in [-0.2, -0.15) is 0 Å². The van der Waals surface area contributed by atoms with Crippen LogP contribution in [0.1, 0.15) is 66.8 Å². The summed E-state index contributed by atoms with van der Waals surface area (Å²) in [6.45, 7) is 16.7. The highest BCUT2D eigenvalue weighted by atomic mass is 32.1. The van der Waals surface area contributed by atoms with E-state index in [1.165, 1.54) is 16.9 Å². The highest BCUT2D eigenvalue weighted by Gasteiger charge is 2.29. The van der Waals surface area contributed by atoms with Crippen LogP contribution in [0.15, 0.2) is 23.4 Å². The third-order valence-corrected chi connectivity index (χ3v) is 5.37. The number of allylic oxidation sites excluding steroid dienone is 4. The molecule has 0 atom stereocenters. The molecule has 1 aliphatic rings. The van der Waals surface area contributed by atoms with E-state index in [4.69, 9.17) is 4.74 Å². The summed E-state index contributed by atoms with van der Waals surface area (Å²) in [7, 11) is 0. The van der Waals surface area contributed by atoms with Crippen molar-refractivity contribution in [2.24, 2.45) is 5.41 Å². The number of nitrogens with zero attached hydrogens (tertiary/aromatic N) is 3. The number of hydrogen-bond donors (Lipinski definition) is 0. The SMILES string of the molecule is CC1=CC(C)(C)CC(N(C(=O)COc2nnc(C(C)(C)C)s2)C(C)C)=C1. The molecule has 0 N–H and O–H groups in total. The van der Waals surface area contributed by atoms with Gasteiger partial charge in [0.2, 0.25) is 0 Å². The normalized spacial score (nSPS) is 17.0. The summed E-state index contributed by atoms with van der Waals surface area (Å²) < 4.78 is 5.66. The minimum absolute atomic E-state index is 0.0303. The summed E-state index contributed by atoms with van der Waals surface area (Å²) in [5.41, 5.74) is 2.21. The predicted molar refractivity (Wildman–Crippen MR) is 106 cm³/mol. The van der Waals surface area contributed by atoms with Crippen LogP contribution in [0.3, 0.4) is 0 Å². The lowest BCUT2D eigenvalue weighted by Gasteiger charge is -2.35. The van der Waals surface area contributed by atoms with Crippen LogP contribution in [0.25, 0.3) is 0 Å². The first-order chi connectivity index (χ1) is 11.9. The van der Waals surface area contributed by atoms with Gasteiger partial charge in [0.15, 0.2) is 6.61 Å². The standard InChI is InChI=1S/C20H31N3O2S/c1-13(2)23(15-9-14(3)10-20(7,8)11-15)16(24)12-25-18-22-21-17(26-18)19(4,5)6/h9-10,13H,11-12H2,1-8H3. The van der Waals surface area contributed by atoms with Gasteiger partial charge in [0, 0.05) is 17.2 Å². The fourth-order valence-corrected chi connectivity index (χ4v) is 3.94. The minimum Gasteiger partial charge on any atom is -0.459 e. The van der Waals surface area contributed by atoms with Crippen LogP contribution < -0.4 is 4.74 Å². The maximum absolute atomic E-state index is 12.9. The van der Waals surface area contributed by atoms with Gasteiger partial charge in [-0.25, -0.2) is 0 Å². The second-order valence-corrected chi connectivity index (χ2v) is 9.90. The number of aromatic nitrogens is 2. The Labute approximate surface area is 161 Å². The molecule has 0 aromatic carbocycles. The van der Waals surface area contributed by atoms with Crippen LogP contribution >= 0.6 is 11.3 Å². The average Bonchev–Trinajstić information content (AvgIpc) is 2.91. The molecule has 0 spiro atoms. The number of rotatable bonds is 5. The van der Waals surface area contributed by atoms with E-state index in [1.54, 1.807) is 0 Å². The molecule has 1 aromatic heterocycles. The van der Waals surface area contributed by atoms with E-state index in [-0.39, 0.29) is 29.4 Å². The molecule has 1 aliphatic carbocycles. The summed E-state index contributed by atoms with van der Waals surface area (Å²) in [6, 6.07) is 0.0682. The van der Waals surface area contributed by atoms with Crippen molar-refractivity contribution in [3.63, 3.8) is 0 Å². The maximum atomic E-state index is 12.9. The molecule has 1 amide bonds. The molecule has 0 aliphatic heterocycles. The highest BCUT2D eigenvalue weighted by molar-refractivity contribution is 7.13. The van der Waals surface area contributed by atoms with Crippen LogP contribution in [0.4, 0.5) is 0 Å². The summed E-state index contributed by atoms with van der Waals surface area (Å²) >= 11 is 1.40. The minimum atomic E-state index is -0.0738. The molecule has 0 fully saturated rings. The zero-order valence-corrected chi connectivity index (χ0v) is 18.0. The summed E-state index contributed by atoms with van der Waals surface area (Å²) in [4.78, 5) is 14.7. The van der Waals surface area contributed by atoms with Gasteiger partial charge in [-0.1, -0.05) is 57.6 Å². The van der Waals surface area contributed by atoms with Crippen LogP contribution in [0.5, 0.6) is 5.19 Å². The van der Waals surface area contributed by atoms with Crippen molar-refractivity contribution < 1.29 is 9.53 Å². The van der Waals surface area contributed by atoms with E-state index < -0.39 is 0 Å². The van der Waals surface area contributed by atoms with Gasteiger partial charge in [-0.15, -0.1) is 10.2 Å². The third-order valence-electron chi connectivity index (χ3n) is 4.11. The topological polar surface area (TPSA) is 55.3 Å². The molecule has 144 valence electrons. The molecular formula is C20H31N3O2S. The van der Waals surface area contributed by atoms with Gasteiger partial charge >= 0.3 is 0 Å². The van der Waals surface area contributed by atoms with Crippen LogP contribution in [0, 0.1) is 5.41 Å². The van der Waals surface area contributed by atoms with Gasteiger partial charge in [0.25, 0.3) is 11.1 Å². The predicted octanol–water partition coefficient (Wildman–Crippen LogP) is 4.71. The van der Waals surface area contributed by atoms with Crippen LogP contribution in [-0.4, -0.2) is 33.7 Å². The molecule has 1 heterocycles. The molecule has 0 unspecified atom stereocenters. The van der Waals surface area contributed by atoms with Gasteiger partial charge in [-0.05, 0) is 38.7 Å².